The molecule has 1 rings (SSSR count). The van der Waals surface area contributed by atoms with E-state index in [-0.39, 0.29) is 22.4 Å². The second-order valence-corrected chi connectivity index (χ2v) is 3.33. The number of aliphatic carboxylic acids is 1. The number of alkyl halides is 2. The fourth-order valence-corrected chi connectivity index (χ4v) is 1.45. The summed E-state index contributed by atoms with van der Waals surface area (Å²) in [5, 5.41) is 8.63. The molecule has 0 aliphatic heterocycles. The lowest BCUT2D eigenvalue weighted by atomic mass is 10.0. The van der Waals surface area contributed by atoms with E-state index in [1.165, 1.54) is 19.1 Å². The van der Waals surface area contributed by atoms with Crippen molar-refractivity contribution in [3.8, 4) is 5.75 Å². The highest BCUT2D eigenvalue weighted by Gasteiger charge is 2.16. The van der Waals surface area contributed by atoms with E-state index in [0.717, 1.165) is 0 Å². The highest BCUT2D eigenvalue weighted by atomic mass is 19.3. The Morgan fingerprint density at radius 3 is 2.65 bits per heavy atom. The Morgan fingerprint density at radius 1 is 1.53 bits per heavy atom. The topological polar surface area (TPSA) is 63.6 Å². The first-order valence-corrected chi connectivity index (χ1v) is 4.70. The second kappa shape index (κ2) is 5.38. The summed E-state index contributed by atoms with van der Waals surface area (Å²) in [6, 6.07) is 2.67. The van der Waals surface area contributed by atoms with Crippen molar-refractivity contribution < 1.29 is 28.2 Å². The first-order chi connectivity index (χ1) is 7.95. The van der Waals surface area contributed by atoms with Crippen LogP contribution in [0.1, 0.15) is 21.5 Å². The minimum Gasteiger partial charge on any atom is -0.481 e. The lowest BCUT2D eigenvalue weighted by Gasteiger charge is -2.13. The largest absolute Gasteiger partial charge is 0.481 e. The molecule has 0 unspecified atom stereocenters. The van der Waals surface area contributed by atoms with Crippen molar-refractivity contribution in [2.45, 2.75) is 20.0 Å². The molecule has 0 aromatic heterocycles. The summed E-state index contributed by atoms with van der Waals surface area (Å²) in [5.74, 6) is -1.41. The Morgan fingerprint density at radius 2 is 2.18 bits per heavy atom. The number of hydrogen-bond acceptors (Lipinski definition) is 3. The molecule has 0 bridgehead atoms. The molecule has 0 fully saturated rings. The molecule has 1 aromatic carbocycles. The van der Waals surface area contributed by atoms with Gasteiger partial charge in [-0.1, -0.05) is 12.1 Å². The number of carbonyl (C=O) groups excluding carboxylic acids is 1. The summed E-state index contributed by atoms with van der Waals surface area (Å²) in [4.78, 5) is 21.2. The standard InChI is InChI=1S/C11H10F2O4/c1-6-8(5-14)3-2-7(4-9(15)16)10(6)17-11(12)13/h2-3,5,11H,4H2,1H3,(H,15,16). The van der Waals surface area contributed by atoms with Crippen molar-refractivity contribution in [1.29, 1.82) is 0 Å². The summed E-state index contributed by atoms with van der Waals surface area (Å²) >= 11 is 0. The van der Waals surface area contributed by atoms with Gasteiger partial charge in [0.1, 0.15) is 12.0 Å². The lowest BCUT2D eigenvalue weighted by Crippen LogP contribution is -2.10. The molecule has 0 heterocycles. The van der Waals surface area contributed by atoms with Gasteiger partial charge in [-0.05, 0) is 6.92 Å². The van der Waals surface area contributed by atoms with Gasteiger partial charge >= 0.3 is 12.6 Å². The number of hydrogen-bond donors (Lipinski definition) is 1. The summed E-state index contributed by atoms with van der Waals surface area (Å²) < 4.78 is 28.7. The molecule has 17 heavy (non-hydrogen) atoms. The normalized spacial score (nSPS) is 10.4. The third-order valence-corrected chi connectivity index (χ3v) is 2.20. The van der Waals surface area contributed by atoms with Gasteiger partial charge in [0.05, 0.1) is 6.42 Å². The molecule has 0 atom stereocenters. The van der Waals surface area contributed by atoms with Crippen LogP contribution in [0.4, 0.5) is 8.78 Å². The van der Waals surface area contributed by atoms with Gasteiger partial charge in [-0.3, -0.25) is 9.59 Å². The molecular formula is C11H10F2O4. The maximum Gasteiger partial charge on any atom is 0.387 e. The summed E-state index contributed by atoms with van der Waals surface area (Å²) in [5.41, 5.74) is 0.509. The summed E-state index contributed by atoms with van der Waals surface area (Å²) in [6.45, 7) is -1.64. The predicted octanol–water partition coefficient (Wildman–Crippen LogP) is 2.04. The predicted molar refractivity (Wildman–Crippen MR) is 54.5 cm³/mol. The third-order valence-electron chi connectivity index (χ3n) is 2.20. The first-order valence-electron chi connectivity index (χ1n) is 4.70. The number of carboxylic acid groups (broad SMARTS) is 1. The Hall–Kier alpha value is -1.98. The van der Waals surface area contributed by atoms with Gasteiger partial charge in [-0.2, -0.15) is 8.78 Å². The van der Waals surface area contributed by atoms with E-state index in [2.05, 4.69) is 4.74 Å². The second-order valence-electron chi connectivity index (χ2n) is 3.33. The van der Waals surface area contributed by atoms with Gasteiger partial charge < -0.3 is 9.84 Å². The van der Waals surface area contributed by atoms with Crippen molar-refractivity contribution in [1.82, 2.24) is 0 Å². The van der Waals surface area contributed by atoms with Crippen LogP contribution < -0.4 is 4.74 Å². The molecule has 0 radical (unpaired) electrons. The Bertz CT molecular complexity index is 443. The van der Waals surface area contributed by atoms with E-state index < -0.39 is 19.0 Å². The van der Waals surface area contributed by atoms with Crippen molar-refractivity contribution in [3.05, 3.63) is 28.8 Å². The minimum atomic E-state index is -3.07. The molecule has 0 spiro atoms. The van der Waals surface area contributed by atoms with E-state index in [4.69, 9.17) is 5.11 Å². The first kappa shape index (κ1) is 13.1. The van der Waals surface area contributed by atoms with Crippen molar-refractivity contribution in [2.75, 3.05) is 0 Å². The summed E-state index contributed by atoms with van der Waals surface area (Å²) in [7, 11) is 0. The lowest BCUT2D eigenvalue weighted by molar-refractivity contribution is -0.136. The number of ether oxygens (including phenoxy) is 1. The maximum atomic E-state index is 12.2. The highest BCUT2D eigenvalue weighted by molar-refractivity contribution is 5.80. The molecular weight excluding hydrogens is 234 g/mol. The van der Waals surface area contributed by atoms with Gasteiger partial charge in [0, 0.05) is 16.7 Å². The van der Waals surface area contributed by atoms with E-state index >= 15 is 0 Å². The minimum absolute atomic E-state index is 0.112. The van der Waals surface area contributed by atoms with E-state index in [0.29, 0.717) is 6.29 Å². The quantitative estimate of drug-likeness (QED) is 0.805. The van der Waals surface area contributed by atoms with Crippen molar-refractivity contribution in [2.24, 2.45) is 0 Å². The molecule has 1 N–H and O–H groups in total. The highest BCUT2D eigenvalue weighted by Crippen LogP contribution is 2.28. The molecule has 0 aliphatic rings. The monoisotopic (exact) mass is 244 g/mol. The summed E-state index contributed by atoms with van der Waals surface area (Å²) in [6.07, 6.45) is 0.0558. The number of carboxylic acids is 1. The van der Waals surface area contributed by atoms with Crippen LogP contribution in [0.2, 0.25) is 0 Å². The van der Waals surface area contributed by atoms with Crippen LogP contribution in [0.15, 0.2) is 12.1 Å². The fourth-order valence-electron chi connectivity index (χ4n) is 1.45. The molecule has 0 saturated carbocycles. The van der Waals surface area contributed by atoms with Gasteiger partial charge in [0.15, 0.2) is 0 Å². The van der Waals surface area contributed by atoms with Crippen LogP contribution in [0.25, 0.3) is 0 Å². The van der Waals surface area contributed by atoms with Gasteiger partial charge in [0.2, 0.25) is 0 Å². The Kier molecular flexibility index (Phi) is 4.14. The van der Waals surface area contributed by atoms with Crippen LogP contribution in [0.5, 0.6) is 5.75 Å². The van der Waals surface area contributed by atoms with E-state index in [1.54, 1.807) is 0 Å². The van der Waals surface area contributed by atoms with E-state index in [1.807, 2.05) is 0 Å². The van der Waals surface area contributed by atoms with Crippen LogP contribution in [-0.4, -0.2) is 24.0 Å². The maximum absolute atomic E-state index is 12.2. The van der Waals surface area contributed by atoms with Crippen molar-refractivity contribution in [3.63, 3.8) is 0 Å². The van der Waals surface area contributed by atoms with Crippen LogP contribution >= 0.6 is 0 Å². The fraction of sp³-hybridized carbons (Fsp3) is 0.273. The number of benzene rings is 1. The zero-order valence-corrected chi connectivity index (χ0v) is 8.94. The van der Waals surface area contributed by atoms with Gasteiger partial charge in [0.25, 0.3) is 0 Å². The Balaban J connectivity index is 3.24. The molecule has 92 valence electrons. The average Bonchev–Trinajstić information content (AvgIpc) is 2.22. The van der Waals surface area contributed by atoms with Crippen LogP contribution in [0, 0.1) is 6.92 Å². The molecule has 0 aliphatic carbocycles. The van der Waals surface area contributed by atoms with E-state index in [9.17, 15) is 18.4 Å². The number of carbonyl (C=O) groups is 2. The molecule has 4 nitrogen and oxygen atoms in total. The molecule has 0 amide bonds. The van der Waals surface area contributed by atoms with Crippen LogP contribution in [0.3, 0.4) is 0 Å². The number of halogens is 2. The molecule has 1 aromatic rings. The molecule has 0 saturated heterocycles. The van der Waals surface area contributed by atoms with Gasteiger partial charge in [-0.15, -0.1) is 0 Å². The van der Waals surface area contributed by atoms with Crippen LogP contribution in [-0.2, 0) is 11.2 Å². The van der Waals surface area contributed by atoms with Gasteiger partial charge in [-0.25, -0.2) is 0 Å². The number of rotatable bonds is 5. The number of aldehydes is 1. The van der Waals surface area contributed by atoms with Crippen molar-refractivity contribution >= 4 is 12.3 Å². The SMILES string of the molecule is Cc1c(C=O)ccc(CC(=O)O)c1OC(F)F. The molecule has 6 heteroatoms. The zero-order valence-electron chi connectivity index (χ0n) is 8.94. The average molecular weight is 244 g/mol. The third kappa shape index (κ3) is 3.24. The smallest absolute Gasteiger partial charge is 0.387 e. The zero-order chi connectivity index (χ0) is 13.0. The Labute approximate surface area is 95.8 Å².